The van der Waals surface area contributed by atoms with E-state index in [0.29, 0.717) is 40.7 Å². The molecular formula is C27H29F3N6O3S. The topological polar surface area (TPSA) is 109 Å². The molecule has 212 valence electrons. The number of fused-ring (bicyclic) bond motifs is 1. The summed E-state index contributed by atoms with van der Waals surface area (Å²) in [4.78, 5) is 44.0. The molecule has 9 nitrogen and oxygen atoms in total. The van der Waals surface area contributed by atoms with E-state index in [1.165, 1.54) is 22.9 Å². The molecule has 0 bridgehead atoms. The smallest absolute Gasteiger partial charge is 0.338 e. The van der Waals surface area contributed by atoms with Crippen molar-refractivity contribution in [2.24, 2.45) is 18.9 Å². The molecule has 2 aliphatic rings. The zero-order valence-electron chi connectivity index (χ0n) is 22.0. The number of hydrogen-bond acceptors (Lipinski definition) is 6. The Hall–Kier alpha value is -3.74. The van der Waals surface area contributed by atoms with Gasteiger partial charge >= 0.3 is 6.18 Å². The van der Waals surface area contributed by atoms with E-state index in [1.54, 1.807) is 30.1 Å². The van der Waals surface area contributed by atoms with Crippen molar-refractivity contribution >= 4 is 39.9 Å². The van der Waals surface area contributed by atoms with Gasteiger partial charge in [0.25, 0.3) is 5.91 Å². The number of nitrogens with zero attached hydrogens (tertiary/aromatic N) is 4. The minimum absolute atomic E-state index is 0.0337. The van der Waals surface area contributed by atoms with E-state index >= 15 is 0 Å². The van der Waals surface area contributed by atoms with Gasteiger partial charge in [0, 0.05) is 61.6 Å². The van der Waals surface area contributed by atoms with E-state index in [0.717, 1.165) is 11.3 Å². The largest absolute Gasteiger partial charge is 0.391 e. The Balaban J connectivity index is 1.28. The molecule has 1 fully saturated rings. The number of carbonyl (C=O) groups is 3. The molecule has 0 saturated heterocycles. The number of aryl methyl sites for hydroxylation is 1. The molecule has 3 aromatic rings. The molecule has 1 aliphatic carbocycles. The Morgan fingerprint density at radius 3 is 2.55 bits per heavy atom. The molecule has 0 radical (unpaired) electrons. The second kappa shape index (κ2) is 11.0. The summed E-state index contributed by atoms with van der Waals surface area (Å²) in [5, 5.41) is 12.3. The van der Waals surface area contributed by atoms with Gasteiger partial charge in [-0.25, -0.2) is 4.98 Å². The molecule has 1 saturated carbocycles. The number of thiazole rings is 1. The van der Waals surface area contributed by atoms with Gasteiger partial charge in [-0.3, -0.25) is 19.1 Å². The van der Waals surface area contributed by atoms with Crippen LogP contribution in [0.5, 0.6) is 0 Å². The van der Waals surface area contributed by atoms with Gasteiger partial charge in [0.2, 0.25) is 11.8 Å². The Morgan fingerprint density at radius 2 is 1.85 bits per heavy atom. The maximum absolute atomic E-state index is 13.4. The Kier molecular flexibility index (Phi) is 7.67. The Morgan fingerprint density at radius 1 is 1.10 bits per heavy atom. The molecule has 1 aliphatic heterocycles. The van der Waals surface area contributed by atoms with Gasteiger partial charge in [-0.05, 0) is 37.8 Å². The standard InChI is InChI=1S/C27H29F3N6O3S/c1-15(37)31-26-33-22(14-40-26)17-4-3-5-19(12-17)32-24(38)23-20-13-36(11-10-21(20)34-35(23)2)25(39)16-6-8-18(9-7-16)27(28,29)30/h3-5,12,14,16,18H,6-11,13H2,1-2H3,(H,32,38)(H,31,33,37). The highest BCUT2D eigenvalue weighted by atomic mass is 32.1. The van der Waals surface area contributed by atoms with Crippen LogP contribution in [0.1, 0.15) is 54.4 Å². The van der Waals surface area contributed by atoms with Crippen LogP contribution >= 0.6 is 11.3 Å². The molecule has 0 unspecified atom stereocenters. The number of carbonyl (C=O) groups excluding carboxylic acids is 3. The molecule has 0 spiro atoms. The molecule has 5 rings (SSSR count). The lowest BCUT2D eigenvalue weighted by Crippen LogP contribution is -2.42. The Bertz CT molecular complexity index is 1440. The second-order valence-corrected chi connectivity index (χ2v) is 11.1. The van der Waals surface area contributed by atoms with Crippen LogP contribution in [0.2, 0.25) is 0 Å². The average Bonchev–Trinajstić information content (AvgIpc) is 3.50. The van der Waals surface area contributed by atoms with Crippen LogP contribution in [0.4, 0.5) is 24.0 Å². The van der Waals surface area contributed by atoms with Gasteiger partial charge in [0.05, 0.1) is 17.3 Å². The van der Waals surface area contributed by atoms with Crippen molar-refractivity contribution in [1.82, 2.24) is 19.7 Å². The normalized spacial score (nSPS) is 19.2. The fourth-order valence-electron chi connectivity index (χ4n) is 5.46. The second-order valence-electron chi connectivity index (χ2n) is 10.3. The van der Waals surface area contributed by atoms with Gasteiger partial charge < -0.3 is 15.5 Å². The van der Waals surface area contributed by atoms with Crippen molar-refractivity contribution in [2.45, 2.75) is 51.7 Å². The number of halogens is 3. The van der Waals surface area contributed by atoms with Crippen molar-refractivity contribution in [3.05, 3.63) is 46.6 Å². The molecule has 3 heterocycles. The number of nitrogens with one attached hydrogen (secondary N) is 2. The van der Waals surface area contributed by atoms with Crippen LogP contribution in [0.25, 0.3) is 11.3 Å². The van der Waals surface area contributed by atoms with Gasteiger partial charge in [0.15, 0.2) is 5.13 Å². The molecule has 40 heavy (non-hydrogen) atoms. The monoisotopic (exact) mass is 574 g/mol. The fourth-order valence-corrected chi connectivity index (χ4v) is 6.23. The summed E-state index contributed by atoms with van der Waals surface area (Å²) >= 11 is 1.30. The summed E-state index contributed by atoms with van der Waals surface area (Å²) in [6, 6.07) is 7.16. The summed E-state index contributed by atoms with van der Waals surface area (Å²) in [6.07, 6.45) is -3.39. The number of alkyl halides is 3. The van der Waals surface area contributed by atoms with Crippen molar-refractivity contribution in [3.63, 3.8) is 0 Å². The van der Waals surface area contributed by atoms with E-state index in [-0.39, 0.29) is 49.9 Å². The lowest BCUT2D eigenvalue weighted by molar-refractivity contribution is -0.185. The lowest BCUT2D eigenvalue weighted by Gasteiger charge is -2.34. The van der Waals surface area contributed by atoms with Crippen LogP contribution in [0, 0.1) is 11.8 Å². The first-order chi connectivity index (χ1) is 19.0. The van der Waals surface area contributed by atoms with Crippen molar-refractivity contribution in [2.75, 3.05) is 17.2 Å². The van der Waals surface area contributed by atoms with Gasteiger partial charge in [-0.15, -0.1) is 11.3 Å². The molecule has 3 amide bonds. The number of amides is 3. The lowest BCUT2D eigenvalue weighted by atomic mass is 9.81. The highest BCUT2D eigenvalue weighted by Crippen LogP contribution is 2.40. The van der Waals surface area contributed by atoms with Crippen LogP contribution in [-0.4, -0.2) is 50.1 Å². The molecule has 1 aromatic carbocycles. The van der Waals surface area contributed by atoms with E-state index < -0.39 is 18.0 Å². The van der Waals surface area contributed by atoms with Crippen molar-refractivity contribution in [3.8, 4) is 11.3 Å². The van der Waals surface area contributed by atoms with Gasteiger partial charge in [0.1, 0.15) is 5.69 Å². The van der Waals surface area contributed by atoms with Gasteiger partial charge in [-0.2, -0.15) is 18.3 Å². The van der Waals surface area contributed by atoms with E-state index in [4.69, 9.17) is 0 Å². The minimum atomic E-state index is -4.22. The summed E-state index contributed by atoms with van der Waals surface area (Å²) in [5.41, 5.74) is 3.67. The first-order valence-corrected chi connectivity index (χ1v) is 13.9. The van der Waals surface area contributed by atoms with Crippen molar-refractivity contribution in [1.29, 1.82) is 0 Å². The highest BCUT2D eigenvalue weighted by Gasteiger charge is 2.43. The van der Waals surface area contributed by atoms with Crippen LogP contribution in [0.3, 0.4) is 0 Å². The van der Waals surface area contributed by atoms with Crippen LogP contribution in [-0.2, 0) is 29.6 Å². The summed E-state index contributed by atoms with van der Waals surface area (Å²) in [5.74, 6) is -2.53. The van der Waals surface area contributed by atoms with Crippen molar-refractivity contribution < 1.29 is 27.6 Å². The van der Waals surface area contributed by atoms with Crippen LogP contribution < -0.4 is 10.6 Å². The number of benzene rings is 1. The number of hydrogen-bond donors (Lipinski definition) is 2. The number of aromatic nitrogens is 3. The quantitative estimate of drug-likeness (QED) is 0.446. The molecular weight excluding hydrogens is 545 g/mol. The molecule has 0 atom stereocenters. The zero-order chi connectivity index (χ0) is 28.6. The maximum atomic E-state index is 13.4. The number of rotatable bonds is 5. The molecule has 2 N–H and O–H groups in total. The Labute approximate surface area is 232 Å². The third-order valence-corrected chi connectivity index (χ3v) is 8.22. The summed E-state index contributed by atoms with van der Waals surface area (Å²) in [6.45, 7) is 2.01. The maximum Gasteiger partial charge on any atom is 0.391 e. The first-order valence-electron chi connectivity index (χ1n) is 13.0. The van der Waals surface area contributed by atoms with E-state index in [9.17, 15) is 27.6 Å². The average molecular weight is 575 g/mol. The van der Waals surface area contributed by atoms with E-state index in [2.05, 4.69) is 20.7 Å². The summed E-state index contributed by atoms with van der Waals surface area (Å²) in [7, 11) is 1.67. The third-order valence-electron chi connectivity index (χ3n) is 7.47. The van der Waals surface area contributed by atoms with Crippen LogP contribution in [0.15, 0.2) is 29.6 Å². The minimum Gasteiger partial charge on any atom is -0.338 e. The van der Waals surface area contributed by atoms with E-state index in [1.807, 2.05) is 11.4 Å². The zero-order valence-corrected chi connectivity index (χ0v) is 22.9. The SMILES string of the molecule is CC(=O)Nc1nc(-c2cccc(NC(=O)c3c4c(nn3C)CCN(C(=O)C3CCC(C(F)(F)F)CC3)C4)c2)cs1. The molecule has 2 aromatic heterocycles. The fraction of sp³-hybridized carbons (Fsp3) is 0.444. The predicted molar refractivity (Wildman–Crippen MR) is 144 cm³/mol. The predicted octanol–water partition coefficient (Wildman–Crippen LogP) is 5.01. The highest BCUT2D eigenvalue weighted by molar-refractivity contribution is 7.14. The molecule has 13 heteroatoms. The summed E-state index contributed by atoms with van der Waals surface area (Å²) < 4.78 is 40.7. The number of anilines is 2. The first kappa shape index (κ1) is 27.8. The third kappa shape index (κ3) is 5.88. The van der Waals surface area contributed by atoms with Gasteiger partial charge in [-0.1, -0.05) is 12.1 Å².